The minimum Gasteiger partial charge on any atom is -0.391 e. The number of hydrogen-bond acceptors (Lipinski definition) is 2. The van der Waals surface area contributed by atoms with E-state index in [0.717, 1.165) is 25.7 Å². The molecule has 1 N–H and O–H groups in total. The Morgan fingerprint density at radius 1 is 1.17 bits per heavy atom. The fourth-order valence-electron chi connectivity index (χ4n) is 1.76. The van der Waals surface area contributed by atoms with Gasteiger partial charge >= 0.3 is 0 Å². The van der Waals surface area contributed by atoms with Crippen molar-refractivity contribution in [2.24, 2.45) is 0 Å². The molecule has 0 heterocycles. The highest BCUT2D eigenvalue weighted by molar-refractivity contribution is 4.90. The van der Waals surface area contributed by atoms with Gasteiger partial charge in [0.15, 0.2) is 0 Å². The second-order valence-electron chi connectivity index (χ2n) is 3.72. The summed E-state index contributed by atoms with van der Waals surface area (Å²) in [4.78, 5) is 2.13. The third-order valence-electron chi connectivity index (χ3n) is 2.53. The predicted molar refractivity (Wildman–Crippen MR) is 51.1 cm³/mol. The van der Waals surface area contributed by atoms with Crippen LogP contribution >= 0.6 is 0 Å². The molecule has 0 radical (unpaired) electrons. The van der Waals surface area contributed by atoms with Crippen molar-refractivity contribution in [3.63, 3.8) is 0 Å². The van der Waals surface area contributed by atoms with E-state index < -0.39 is 0 Å². The van der Waals surface area contributed by atoms with Crippen LogP contribution in [0.4, 0.5) is 0 Å². The summed E-state index contributed by atoms with van der Waals surface area (Å²) in [7, 11) is 4.08. The summed E-state index contributed by atoms with van der Waals surface area (Å²) < 4.78 is 0. The molecular weight excluding hydrogens is 150 g/mol. The van der Waals surface area contributed by atoms with E-state index in [4.69, 9.17) is 0 Å². The van der Waals surface area contributed by atoms with Gasteiger partial charge in [-0.25, -0.2) is 0 Å². The van der Waals surface area contributed by atoms with Crippen molar-refractivity contribution in [1.29, 1.82) is 0 Å². The van der Waals surface area contributed by atoms with Gasteiger partial charge in [-0.2, -0.15) is 0 Å². The molecule has 2 nitrogen and oxygen atoms in total. The van der Waals surface area contributed by atoms with Crippen molar-refractivity contribution < 1.29 is 5.11 Å². The lowest BCUT2D eigenvalue weighted by Gasteiger charge is -2.29. The zero-order valence-electron chi connectivity index (χ0n) is 8.03. The van der Waals surface area contributed by atoms with Gasteiger partial charge in [-0.05, 0) is 39.8 Å². The summed E-state index contributed by atoms with van der Waals surface area (Å²) >= 11 is 0. The molecule has 12 heavy (non-hydrogen) atoms. The monoisotopic (exact) mass is 169 g/mol. The fourth-order valence-corrected chi connectivity index (χ4v) is 1.76. The zero-order chi connectivity index (χ0) is 8.97. The number of nitrogens with zero attached hydrogens (tertiary/aromatic N) is 1. The Hall–Kier alpha value is -0.340. The quantitative estimate of drug-likeness (QED) is 0.600. The molecule has 2 atom stereocenters. The van der Waals surface area contributed by atoms with Gasteiger partial charge in [-0.3, -0.25) is 0 Å². The van der Waals surface area contributed by atoms with Crippen molar-refractivity contribution in [2.75, 3.05) is 14.1 Å². The highest BCUT2D eigenvalue weighted by atomic mass is 16.3. The molecule has 70 valence electrons. The topological polar surface area (TPSA) is 23.5 Å². The minimum absolute atomic E-state index is 0.148. The molecule has 0 aromatic carbocycles. The summed E-state index contributed by atoms with van der Waals surface area (Å²) in [5.74, 6) is 0. The number of hydrogen-bond donors (Lipinski definition) is 1. The minimum atomic E-state index is -0.148. The van der Waals surface area contributed by atoms with E-state index in [1.807, 2.05) is 14.1 Å². The fraction of sp³-hybridized carbons (Fsp3) is 0.800. The number of aliphatic hydroxyl groups excluding tert-OH is 1. The van der Waals surface area contributed by atoms with Crippen LogP contribution in [0, 0.1) is 0 Å². The maximum Gasteiger partial charge on any atom is 0.0698 e. The molecule has 0 amide bonds. The molecule has 1 rings (SSSR count). The second-order valence-corrected chi connectivity index (χ2v) is 3.72. The van der Waals surface area contributed by atoms with Crippen molar-refractivity contribution >= 4 is 0 Å². The summed E-state index contributed by atoms with van der Waals surface area (Å²) in [6, 6.07) is 0.343. The Morgan fingerprint density at radius 2 is 1.75 bits per heavy atom. The van der Waals surface area contributed by atoms with E-state index in [0.29, 0.717) is 6.04 Å². The van der Waals surface area contributed by atoms with Gasteiger partial charge in [0.2, 0.25) is 0 Å². The predicted octanol–water partition coefficient (Wildman–Crippen LogP) is 1.41. The Kier molecular flexibility index (Phi) is 3.76. The summed E-state index contributed by atoms with van der Waals surface area (Å²) in [6.07, 6.45) is 8.34. The van der Waals surface area contributed by atoms with Gasteiger partial charge in [-0.15, -0.1) is 0 Å². The van der Waals surface area contributed by atoms with Crippen molar-refractivity contribution in [3.8, 4) is 0 Å². The lowest BCUT2D eigenvalue weighted by atomic mass is 9.97. The highest BCUT2D eigenvalue weighted by Gasteiger charge is 2.20. The molecule has 0 aromatic heterocycles. The standard InChI is InChI=1S/C10H19NO/c1-11(2)9-7-5-3-4-6-8-10(9)12/h3-4,9-10,12H,5-8H2,1-2H3/b4-3-/t9-,10-/m0/s1. The summed E-state index contributed by atoms with van der Waals surface area (Å²) in [5, 5.41) is 9.77. The maximum atomic E-state index is 9.77. The van der Waals surface area contributed by atoms with Gasteiger partial charge in [0.05, 0.1) is 6.10 Å². The highest BCUT2D eigenvalue weighted by Crippen LogP contribution is 2.16. The van der Waals surface area contributed by atoms with Crippen LogP contribution in [0.3, 0.4) is 0 Å². The third kappa shape index (κ3) is 2.61. The number of allylic oxidation sites excluding steroid dienone is 2. The van der Waals surface area contributed by atoms with Gasteiger partial charge in [0.25, 0.3) is 0 Å². The summed E-state index contributed by atoms with van der Waals surface area (Å²) in [5.41, 5.74) is 0. The molecule has 0 spiro atoms. The van der Waals surface area contributed by atoms with E-state index in [1.165, 1.54) is 0 Å². The van der Waals surface area contributed by atoms with Crippen LogP contribution in [-0.2, 0) is 0 Å². The number of rotatable bonds is 1. The van der Waals surface area contributed by atoms with Gasteiger partial charge in [0.1, 0.15) is 0 Å². The van der Waals surface area contributed by atoms with Crippen LogP contribution in [0.2, 0.25) is 0 Å². The molecule has 0 aromatic rings. The van der Waals surface area contributed by atoms with Crippen LogP contribution < -0.4 is 0 Å². The van der Waals surface area contributed by atoms with E-state index >= 15 is 0 Å². The molecular formula is C10H19NO. The van der Waals surface area contributed by atoms with Crippen LogP contribution in [0.25, 0.3) is 0 Å². The van der Waals surface area contributed by atoms with E-state index in [-0.39, 0.29) is 6.10 Å². The van der Waals surface area contributed by atoms with Gasteiger partial charge in [0, 0.05) is 6.04 Å². The van der Waals surface area contributed by atoms with Crippen LogP contribution in [0.15, 0.2) is 12.2 Å². The first kappa shape index (κ1) is 9.75. The molecule has 0 fully saturated rings. The van der Waals surface area contributed by atoms with Crippen LogP contribution in [0.1, 0.15) is 25.7 Å². The molecule has 0 saturated heterocycles. The smallest absolute Gasteiger partial charge is 0.0698 e. The Labute approximate surface area is 74.9 Å². The number of likely N-dealkylation sites (N-methyl/N-ethyl adjacent to an activating group) is 1. The first-order chi connectivity index (χ1) is 5.72. The van der Waals surface area contributed by atoms with Crippen LogP contribution in [-0.4, -0.2) is 36.2 Å². The molecule has 2 heteroatoms. The van der Waals surface area contributed by atoms with Gasteiger partial charge in [-0.1, -0.05) is 12.2 Å². The largest absolute Gasteiger partial charge is 0.391 e. The lowest BCUT2D eigenvalue weighted by molar-refractivity contribution is 0.0644. The molecule has 0 bridgehead atoms. The molecule has 1 aliphatic rings. The second kappa shape index (κ2) is 4.63. The molecule has 0 unspecified atom stereocenters. The van der Waals surface area contributed by atoms with Crippen LogP contribution in [0.5, 0.6) is 0 Å². The molecule has 1 aliphatic carbocycles. The van der Waals surface area contributed by atoms with Crippen molar-refractivity contribution in [3.05, 3.63) is 12.2 Å². The first-order valence-corrected chi connectivity index (χ1v) is 4.71. The first-order valence-electron chi connectivity index (χ1n) is 4.71. The average Bonchev–Trinajstić information content (AvgIpc) is 1.96. The Bertz CT molecular complexity index is 154. The molecule has 0 aliphatic heterocycles. The zero-order valence-corrected chi connectivity index (χ0v) is 8.03. The Morgan fingerprint density at radius 3 is 2.33 bits per heavy atom. The average molecular weight is 169 g/mol. The Balaban J connectivity index is 2.52. The van der Waals surface area contributed by atoms with E-state index in [9.17, 15) is 5.11 Å². The number of aliphatic hydroxyl groups is 1. The van der Waals surface area contributed by atoms with Crippen molar-refractivity contribution in [2.45, 2.75) is 37.8 Å². The van der Waals surface area contributed by atoms with E-state index in [2.05, 4.69) is 17.1 Å². The third-order valence-corrected chi connectivity index (χ3v) is 2.53. The van der Waals surface area contributed by atoms with E-state index in [1.54, 1.807) is 0 Å². The van der Waals surface area contributed by atoms with Crippen molar-refractivity contribution in [1.82, 2.24) is 4.90 Å². The normalized spacial score (nSPS) is 34.3. The SMILES string of the molecule is CN(C)[C@H]1CC/C=C\CC[C@@H]1O. The lowest BCUT2D eigenvalue weighted by Crippen LogP contribution is -2.39. The van der Waals surface area contributed by atoms with Gasteiger partial charge < -0.3 is 10.0 Å². The summed E-state index contributed by atoms with van der Waals surface area (Å²) in [6.45, 7) is 0. The maximum absolute atomic E-state index is 9.77. The molecule has 0 saturated carbocycles.